The van der Waals surface area contributed by atoms with Crippen LogP contribution in [0.2, 0.25) is 0 Å². The Morgan fingerprint density at radius 1 is 1.60 bits per heavy atom. The summed E-state index contributed by atoms with van der Waals surface area (Å²) >= 11 is 0. The van der Waals surface area contributed by atoms with Crippen molar-refractivity contribution >= 4 is 0 Å². The third-order valence-electron chi connectivity index (χ3n) is 3.36. The van der Waals surface area contributed by atoms with Gasteiger partial charge in [-0.15, -0.1) is 0 Å². The quantitative estimate of drug-likeness (QED) is 0.586. The van der Waals surface area contributed by atoms with E-state index in [9.17, 15) is 0 Å². The lowest BCUT2D eigenvalue weighted by Gasteiger charge is -2.28. The van der Waals surface area contributed by atoms with Crippen molar-refractivity contribution in [3.63, 3.8) is 0 Å². The number of hydrogen-bond donors (Lipinski definition) is 1. The van der Waals surface area contributed by atoms with Crippen LogP contribution in [-0.4, -0.2) is 23.9 Å². The molecule has 1 aliphatic heterocycles. The molecule has 2 aliphatic rings. The molecule has 0 aromatic carbocycles. The summed E-state index contributed by atoms with van der Waals surface area (Å²) in [7, 11) is 0. The molecule has 1 heterocycles. The molecular formula is C8H14O2. The van der Waals surface area contributed by atoms with Gasteiger partial charge in [0.25, 0.3) is 0 Å². The summed E-state index contributed by atoms with van der Waals surface area (Å²) in [6.45, 7) is 5.31. The Morgan fingerprint density at radius 2 is 2.30 bits per heavy atom. The third-order valence-corrected chi connectivity index (χ3v) is 3.36. The second kappa shape index (κ2) is 1.56. The molecule has 0 spiro atoms. The lowest BCUT2D eigenvalue weighted by atomic mass is 9.88. The lowest BCUT2D eigenvalue weighted by Crippen LogP contribution is -2.34. The fourth-order valence-electron chi connectivity index (χ4n) is 2.17. The van der Waals surface area contributed by atoms with Gasteiger partial charge in [-0.3, -0.25) is 0 Å². The third kappa shape index (κ3) is 0.523. The van der Waals surface area contributed by atoms with Crippen molar-refractivity contribution in [2.24, 2.45) is 11.3 Å². The second-order valence-corrected chi connectivity index (χ2v) is 4.04. The van der Waals surface area contributed by atoms with Gasteiger partial charge in [0.2, 0.25) is 0 Å². The van der Waals surface area contributed by atoms with Crippen molar-refractivity contribution in [2.45, 2.75) is 25.9 Å². The van der Waals surface area contributed by atoms with Gasteiger partial charge in [0.05, 0.1) is 18.8 Å². The molecule has 2 heteroatoms. The van der Waals surface area contributed by atoms with Crippen LogP contribution >= 0.6 is 0 Å². The molecular weight excluding hydrogens is 128 g/mol. The molecule has 0 aromatic heterocycles. The molecule has 1 N–H and O–H groups in total. The lowest BCUT2D eigenvalue weighted by molar-refractivity contribution is -0.0394. The zero-order valence-corrected chi connectivity index (χ0v) is 6.55. The van der Waals surface area contributed by atoms with Gasteiger partial charge in [-0.05, 0) is 26.2 Å². The van der Waals surface area contributed by atoms with E-state index in [2.05, 4.69) is 13.8 Å². The van der Waals surface area contributed by atoms with Crippen molar-refractivity contribution in [3.05, 3.63) is 0 Å². The minimum atomic E-state index is -0.0770. The normalized spacial score (nSPS) is 48.9. The Hall–Kier alpha value is -0.0800. The highest BCUT2D eigenvalue weighted by Crippen LogP contribution is 2.64. The van der Waals surface area contributed by atoms with E-state index in [0.717, 1.165) is 13.0 Å². The number of aliphatic hydroxyl groups excluding tert-OH is 1. The van der Waals surface area contributed by atoms with Gasteiger partial charge in [0.15, 0.2) is 0 Å². The van der Waals surface area contributed by atoms with Gasteiger partial charge >= 0.3 is 0 Å². The van der Waals surface area contributed by atoms with E-state index in [0.29, 0.717) is 12.5 Å². The van der Waals surface area contributed by atoms with Crippen LogP contribution in [0.4, 0.5) is 0 Å². The molecule has 2 nitrogen and oxygen atoms in total. The maximum absolute atomic E-state index is 9.12. The Bertz CT molecular complexity index is 161. The van der Waals surface area contributed by atoms with Crippen molar-refractivity contribution in [2.75, 3.05) is 13.2 Å². The molecule has 1 saturated carbocycles. The van der Waals surface area contributed by atoms with Crippen molar-refractivity contribution in [1.82, 2.24) is 0 Å². The molecule has 2 atom stereocenters. The van der Waals surface area contributed by atoms with Crippen LogP contribution in [0.25, 0.3) is 0 Å². The maximum atomic E-state index is 9.12. The van der Waals surface area contributed by atoms with E-state index in [1.165, 1.54) is 0 Å². The van der Waals surface area contributed by atoms with E-state index in [1.807, 2.05) is 0 Å². The molecule has 1 saturated heterocycles. The first-order valence-corrected chi connectivity index (χ1v) is 3.87. The topological polar surface area (TPSA) is 29.5 Å². The Balaban J connectivity index is 2.24. The van der Waals surface area contributed by atoms with E-state index in [-0.39, 0.29) is 11.0 Å². The monoisotopic (exact) mass is 142 g/mol. The molecule has 2 rings (SSSR count). The molecule has 10 heavy (non-hydrogen) atoms. The van der Waals surface area contributed by atoms with E-state index >= 15 is 0 Å². The van der Waals surface area contributed by atoms with Crippen molar-refractivity contribution < 1.29 is 9.84 Å². The molecule has 58 valence electrons. The smallest absolute Gasteiger partial charge is 0.0708 e. The van der Waals surface area contributed by atoms with E-state index in [4.69, 9.17) is 9.84 Å². The average molecular weight is 142 g/mol. The van der Waals surface area contributed by atoms with Gasteiger partial charge < -0.3 is 9.84 Å². The van der Waals surface area contributed by atoms with Crippen molar-refractivity contribution in [1.29, 1.82) is 0 Å². The van der Waals surface area contributed by atoms with Crippen LogP contribution in [0.5, 0.6) is 0 Å². The van der Waals surface area contributed by atoms with Gasteiger partial charge in [-0.2, -0.15) is 0 Å². The fraction of sp³-hybridized carbons (Fsp3) is 1.00. The summed E-state index contributed by atoms with van der Waals surface area (Å²) < 4.78 is 5.54. The van der Waals surface area contributed by atoms with Crippen molar-refractivity contribution in [3.8, 4) is 0 Å². The first-order chi connectivity index (χ1) is 4.62. The van der Waals surface area contributed by atoms with Gasteiger partial charge in [-0.25, -0.2) is 0 Å². The second-order valence-electron chi connectivity index (χ2n) is 4.04. The van der Waals surface area contributed by atoms with Crippen LogP contribution in [0.1, 0.15) is 20.3 Å². The summed E-state index contributed by atoms with van der Waals surface area (Å²) in [5.41, 5.74) is 0.0550. The van der Waals surface area contributed by atoms with Crippen LogP contribution < -0.4 is 0 Å². The predicted molar refractivity (Wildman–Crippen MR) is 37.7 cm³/mol. The van der Waals surface area contributed by atoms with Crippen LogP contribution in [0.15, 0.2) is 0 Å². The number of fused-ring (bicyclic) bond motifs is 1. The molecule has 2 unspecified atom stereocenters. The zero-order chi connectivity index (χ0) is 7.41. The predicted octanol–water partition coefficient (Wildman–Crippen LogP) is 0.794. The van der Waals surface area contributed by atoms with Gasteiger partial charge in [0.1, 0.15) is 0 Å². The zero-order valence-electron chi connectivity index (χ0n) is 6.55. The van der Waals surface area contributed by atoms with E-state index in [1.54, 1.807) is 0 Å². The van der Waals surface area contributed by atoms with Gasteiger partial charge in [-0.1, -0.05) is 0 Å². The molecule has 0 bridgehead atoms. The highest BCUT2D eigenvalue weighted by molar-refractivity contribution is 5.15. The number of aliphatic hydroxyl groups is 1. The first-order valence-electron chi connectivity index (χ1n) is 3.87. The summed E-state index contributed by atoms with van der Waals surface area (Å²) in [5, 5.41) is 9.12. The number of hydrogen-bond acceptors (Lipinski definition) is 2. The highest BCUT2D eigenvalue weighted by atomic mass is 16.5. The summed E-state index contributed by atoms with van der Waals surface area (Å²) in [4.78, 5) is 0. The first kappa shape index (κ1) is 6.62. The Kier molecular flexibility index (Phi) is 1.03. The Morgan fingerprint density at radius 3 is 2.50 bits per heavy atom. The summed E-state index contributed by atoms with van der Waals surface area (Å²) in [6.07, 6.45) is 1.16. The van der Waals surface area contributed by atoms with E-state index < -0.39 is 0 Å². The minimum Gasteiger partial charge on any atom is -0.396 e. The largest absolute Gasteiger partial charge is 0.396 e. The number of ether oxygens (including phenoxy) is 1. The summed E-state index contributed by atoms with van der Waals surface area (Å²) in [6, 6.07) is 0. The van der Waals surface area contributed by atoms with Crippen LogP contribution in [0, 0.1) is 11.3 Å². The Labute approximate surface area is 61.2 Å². The molecule has 0 aromatic rings. The minimum absolute atomic E-state index is 0.0770. The SMILES string of the molecule is CC1(C)OCC2CC21CO. The van der Waals surface area contributed by atoms with Gasteiger partial charge in [0, 0.05) is 5.41 Å². The molecule has 2 fully saturated rings. The number of rotatable bonds is 1. The molecule has 0 radical (unpaired) electrons. The fourth-order valence-corrected chi connectivity index (χ4v) is 2.17. The van der Waals surface area contributed by atoms with Crippen LogP contribution in [-0.2, 0) is 4.74 Å². The maximum Gasteiger partial charge on any atom is 0.0708 e. The van der Waals surface area contributed by atoms with Crippen LogP contribution in [0.3, 0.4) is 0 Å². The highest BCUT2D eigenvalue weighted by Gasteiger charge is 2.67. The molecule has 0 amide bonds. The average Bonchev–Trinajstić information content (AvgIpc) is 2.54. The summed E-state index contributed by atoms with van der Waals surface area (Å²) in [5.74, 6) is 0.646. The standard InChI is InChI=1S/C8H14O2/c1-7(2)8(5-9)3-6(8)4-10-7/h6,9H,3-5H2,1-2H3. The molecule has 1 aliphatic carbocycles.